The first-order chi connectivity index (χ1) is 6.59. The minimum absolute atomic E-state index is 0.104. The van der Waals surface area contributed by atoms with Crippen molar-refractivity contribution in [3.8, 4) is 0 Å². The molecule has 0 aliphatic heterocycles. The van der Waals surface area contributed by atoms with Crippen LogP contribution in [0, 0.1) is 6.92 Å². The third-order valence-corrected chi connectivity index (χ3v) is 1.79. The Morgan fingerprint density at radius 3 is 2.86 bits per heavy atom. The molecule has 0 fully saturated rings. The van der Waals surface area contributed by atoms with E-state index in [4.69, 9.17) is 0 Å². The number of nitrogens with zero attached hydrogens (tertiary/aromatic N) is 2. The summed E-state index contributed by atoms with van der Waals surface area (Å²) in [6.45, 7) is 3.29. The molecule has 5 nitrogen and oxygen atoms in total. The average Bonchev–Trinajstić information content (AvgIpc) is 2.51. The Bertz CT molecular complexity index is 306. The molecule has 0 aliphatic carbocycles. The van der Waals surface area contributed by atoms with Gasteiger partial charge in [-0.3, -0.25) is 4.79 Å². The van der Waals surface area contributed by atoms with Crippen molar-refractivity contribution in [1.82, 2.24) is 20.2 Å². The maximum Gasteiger partial charge on any atom is 0.269 e. The van der Waals surface area contributed by atoms with Gasteiger partial charge in [-0.15, -0.1) is 0 Å². The number of carbonyl (C=O) groups is 1. The number of aromatic amines is 1. The van der Waals surface area contributed by atoms with Gasteiger partial charge in [-0.25, -0.2) is 4.98 Å². The van der Waals surface area contributed by atoms with Crippen LogP contribution < -0.4 is 5.32 Å². The number of amides is 1. The number of rotatable bonds is 4. The molecule has 0 saturated carbocycles. The van der Waals surface area contributed by atoms with Crippen molar-refractivity contribution in [3.05, 3.63) is 17.7 Å². The van der Waals surface area contributed by atoms with Gasteiger partial charge in [0, 0.05) is 13.1 Å². The molecule has 2 N–H and O–H groups in total. The van der Waals surface area contributed by atoms with E-state index in [1.807, 2.05) is 25.9 Å². The predicted molar refractivity (Wildman–Crippen MR) is 54.2 cm³/mol. The molecular weight excluding hydrogens is 180 g/mol. The van der Waals surface area contributed by atoms with Crippen LogP contribution in [0.2, 0.25) is 0 Å². The van der Waals surface area contributed by atoms with E-state index in [0.717, 1.165) is 12.4 Å². The van der Waals surface area contributed by atoms with Crippen molar-refractivity contribution in [3.63, 3.8) is 0 Å². The molecular formula is C9H16N4O. The van der Waals surface area contributed by atoms with Crippen LogP contribution in [0.3, 0.4) is 0 Å². The van der Waals surface area contributed by atoms with Crippen LogP contribution >= 0.6 is 0 Å². The van der Waals surface area contributed by atoms with Gasteiger partial charge in [0.2, 0.25) is 0 Å². The van der Waals surface area contributed by atoms with Crippen LogP contribution in [0.5, 0.6) is 0 Å². The summed E-state index contributed by atoms with van der Waals surface area (Å²) < 4.78 is 0. The van der Waals surface area contributed by atoms with Crippen LogP contribution in [-0.4, -0.2) is 48.0 Å². The molecule has 1 aromatic rings. The molecule has 0 aromatic carbocycles. The number of hydrogen-bond acceptors (Lipinski definition) is 3. The van der Waals surface area contributed by atoms with Gasteiger partial charge < -0.3 is 15.2 Å². The summed E-state index contributed by atoms with van der Waals surface area (Å²) in [5.41, 5.74) is 0.515. The van der Waals surface area contributed by atoms with E-state index in [1.165, 1.54) is 0 Å². The van der Waals surface area contributed by atoms with Crippen molar-refractivity contribution in [1.29, 1.82) is 0 Å². The number of imidazole rings is 1. The lowest BCUT2D eigenvalue weighted by molar-refractivity contribution is 0.0946. The highest BCUT2D eigenvalue weighted by molar-refractivity contribution is 5.92. The second-order valence-electron chi connectivity index (χ2n) is 3.44. The highest BCUT2D eigenvalue weighted by Crippen LogP contribution is 1.94. The monoisotopic (exact) mass is 196 g/mol. The predicted octanol–water partition coefficient (Wildman–Crippen LogP) is 0.00952. The van der Waals surface area contributed by atoms with Crippen LogP contribution in [0.1, 0.15) is 16.3 Å². The third kappa shape index (κ3) is 3.18. The molecule has 1 aromatic heterocycles. The average molecular weight is 196 g/mol. The lowest BCUT2D eigenvalue weighted by Gasteiger charge is -2.09. The maximum atomic E-state index is 11.4. The molecule has 1 amide bonds. The van der Waals surface area contributed by atoms with Gasteiger partial charge in [0.05, 0.1) is 6.20 Å². The first-order valence-electron chi connectivity index (χ1n) is 4.54. The first-order valence-corrected chi connectivity index (χ1v) is 4.54. The molecule has 1 heterocycles. The summed E-state index contributed by atoms with van der Waals surface area (Å²) in [5.74, 6) is 0.648. The summed E-state index contributed by atoms with van der Waals surface area (Å²) in [5, 5.41) is 2.79. The van der Waals surface area contributed by atoms with Crippen molar-refractivity contribution >= 4 is 5.91 Å². The Morgan fingerprint density at radius 2 is 2.36 bits per heavy atom. The molecule has 0 saturated heterocycles. The maximum absolute atomic E-state index is 11.4. The largest absolute Gasteiger partial charge is 0.349 e. The van der Waals surface area contributed by atoms with E-state index in [9.17, 15) is 4.79 Å². The smallest absolute Gasteiger partial charge is 0.269 e. The Balaban J connectivity index is 2.36. The summed E-state index contributed by atoms with van der Waals surface area (Å²) in [7, 11) is 3.93. The van der Waals surface area contributed by atoms with Gasteiger partial charge in [0.15, 0.2) is 0 Å². The van der Waals surface area contributed by atoms with Gasteiger partial charge in [-0.05, 0) is 21.0 Å². The Kier molecular flexibility index (Phi) is 3.64. The van der Waals surface area contributed by atoms with E-state index < -0.39 is 0 Å². The highest BCUT2D eigenvalue weighted by atomic mass is 16.1. The van der Waals surface area contributed by atoms with Crippen molar-refractivity contribution < 1.29 is 4.79 Å². The summed E-state index contributed by atoms with van der Waals surface area (Å²) >= 11 is 0. The summed E-state index contributed by atoms with van der Waals surface area (Å²) in [4.78, 5) is 20.3. The van der Waals surface area contributed by atoms with Crippen molar-refractivity contribution in [2.24, 2.45) is 0 Å². The molecule has 1 rings (SSSR count). The van der Waals surface area contributed by atoms with Gasteiger partial charge >= 0.3 is 0 Å². The van der Waals surface area contributed by atoms with E-state index >= 15 is 0 Å². The summed E-state index contributed by atoms with van der Waals surface area (Å²) in [6, 6.07) is 0. The van der Waals surface area contributed by atoms with E-state index in [1.54, 1.807) is 6.20 Å². The van der Waals surface area contributed by atoms with E-state index in [0.29, 0.717) is 12.2 Å². The van der Waals surface area contributed by atoms with Crippen molar-refractivity contribution in [2.75, 3.05) is 27.2 Å². The van der Waals surface area contributed by atoms with Gasteiger partial charge in [-0.1, -0.05) is 0 Å². The fraction of sp³-hybridized carbons (Fsp3) is 0.556. The lowest BCUT2D eigenvalue weighted by Crippen LogP contribution is -2.31. The zero-order valence-corrected chi connectivity index (χ0v) is 8.79. The lowest BCUT2D eigenvalue weighted by atomic mass is 10.4. The number of aryl methyl sites for hydroxylation is 1. The number of nitrogens with one attached hydrogen (secondary N) is 2. The second-order valence-corrected chi connectivity index (χ2v) is 3.44. The fourth-order valence-corrected chi connectivity index (χ4v) is 1.02. The molecule has 0 atom stereocenters. The normalized spacial score (nSPS) is 10.6. The van der Waals surface area contributed by atoms with Gasteiger partial charge in [0.1, 0.15) is 11.5 Å². The minimum Gasteiger partial charge on any atom is -0.349 e. The number of hydrogen-bond donors (Lipinski definition) is 2. The highest BCUT2D eigenvalue weighted by Gasteiger charge is 2.06. The molecule has 0 spiro atoms. The molecule has 5 heteroatoms. The Labute approximate surface area is 83.5 Å². The molecule has 0 aliphatic rings. The number of H-pyrrole nitrogens is 1. The van der Waals surface area contributed by atoms with Crippen LogP contribution in [0.4, 0.5) is 0 Å². The topological polar surface area (TPSA) is 61.0 Å². The molecule has 78 valence electrons. The number of carbonyl (C=O) groups excluding carboxylic acids is 1. The number of aromatic nitrogens is 2. The van der Waals surface area contributed by atoms with Crippen LogP contribution in [-0.2, 0) is 0 Å². The molecule has 0 radical (unpaired) electrons. The second kappa shape index (κ2) is 4.76. The summed E-state index contributed by atoms with van der Waals surface area (Å²) in [6.07, 6.45) is 1.54. The standard InChI is InChI=1S/C9H16N4O/c1-7-11-6-8(12-7)9(14)10-4-5-13(2)3/h6H,4-5H2,1-3H3,(H,10,14)(H,11,12). The zero-order chi connectivity index (χ0) is 10.6. The Hall–Kier alpha value is -1.36. The van der Waals surface area contributed by atoms with Crippen molar-refractivity contribution in [2.45, 2.75) is 6.92 Å². The van der Waals surface area contributed by atoms with E-state index in [-0.39, 0.29) is 5.91 Å². The fourth-order valence-electron chi connectivity index (χ4n) is 1.02. The molecule has 0 unspecified atom stereocenters. The quantitative estimate of drug-likeness (QED) is 0.713. The first kappa shape index (κ1) is 10.7. The van der Waals surface area contributed by atoms with Crippen LogP contribution in [0.15, 0.2) is 6.20 Å². The van der Waals surface area contributed by atoms with E-state index in [2.05, 4.69) is 15.3 Å². The van der Waals surface area contributed by atoms with Crippen LogP contribution in [0.25, 0.3) is 0 Å². The molecule has 0 bridgehead atoms. The van der Waals surface area contributed by atoms with Gasteiger partial charge in [-0.2, -0.15) is 0 Å². The third-order valence-electron chi connectivity index (χ3n) is 1.79. The molecule has 14 heavy (non-hydrogen) atoms. The SMILES string of the molecule is Cc1ncc(C(=O)NCCN(C)C)[nH]1. The Morgan fingerprint density at radius 1 is 1.64 bits per heavy atom. The number of likely N-dealkylation sites (N-methyl/N-ethyl adjacent to an activating group) is 1. The van der Waals surface area contributed by atoms with Gasteiger partial charge in [0.25, 0.3) is 5.91 Å². The zero-order valence-electron chi connectivity index (χ0n) is 8.79. The minimum atomic E-state index is -0.104.